The largest absolute Gasteiger partial charge is 0.481 e. The highest BCUT2D eigenvalue weighted by molar-refractivity contribution is 6.32. The van der Waals surface area contributed by atoms with Crippen LogP contribution in [0.25, 0.3) is 0 Å². The van der Waals surface area contributed by atoms with Gasteiger partial charge >= 0.3 is 5.97 Å². The monoisotopic (exact) mass is 313 g/mol. The predicted molar refractivity (Wildman–Crippen MR) is 80.6 cm³/mol. The van der Waals surface area contributed by atoms with E-state index in [9.17, 15) is 9.59 Å². The third kappa shape index (κ3) is 6.04. The Labute approximate surface area is 129 Å². The lowest BCUT2D eigenvalue weighted by Gasteiger charge is -2.18. The van der Waals surface area contributed by atoms with Gasteiger partial charge in [-0.05, 0) is 25.0 Å². The predicted octanol–water partition coefficient (Wildman–Crippen LogP) is 2.72. The normalized spacial score (nSPS) is 13.3. The first kappa shape index (κ1) is 17.3. The molecule has 2 unspecified atom stereocenters. The van der Waals surface area contributed by atoms with Crippen molar-refractivity contribution in [3.8, 4) is 5.75 Å². The molecule has 1 rings (SSSR count). The number of nitrogens with one attached hydrogen (secondary N) is 1. The second-order valence-electron chi connectivity index (χ2n) is 4.81. The zero-order valence-electron chi connectivity index (χ0n) is 12.1. The maximum absolute atomic E-state index is 11.9. The standard InChI is InChI=1S/C15H20ClNO4/c1-3-11(8-14(18)19)9-17-15(20)10(2)21-13-7-5-4-6-12(13)16/h4-7,10-11H,3,8-9H2,1-2H3,(H,17,20)(H,18,19). The molecule has 0 aromatic heterocycles. The van der Waals surface area contributed by atoms with Crippen LogP contribution in [0.5, 0.6) is 5.75 Å². The number of carboxylic acids is 1. The zero-order chi connectivity index (χ0) is 15.8. The van der Waals surface area contributed by atoms with Crippen LogP contribution in [0, 0.1) is 5.92 Å². The summed E-state index contributed by atoms with van der Waals surface area (Å²) in [4.78, 5) is 22.6. The molecular weight excluding hydrogens is 294 g/mol. The zero-order valence-corrected chi connectivity index (χ0v) is 12.9. The number of para-hydroxylation sites is 1. The molecule has 6 heteroatoms. The molecule has 1 amide bonds. The highest BCUT2D eigenvalue weighted by atomic mass is 35.5. The van der Waals surface area contributed by atoms with Gasteiger partial charge in [-0.15, -0.1) is 0 Å². The van der Waals surface area contributed by atoms with E-state index in [1.54, 1.807) is 31.2 Å². The summed E-state index contributed by atoms with van der Waals surface area (Å²) in [6, 6.07) is 6.91. The number of carbonyl (C=O) groups excluding carboxylic acids is 1. The molecule has 0 bridgehead atoms. The number of carboxylic acid groups (broad SMARTS) is 1. The van der Waals surface area contributed by atoms with Crippen molar-refractivity contribution in [2.24, 2.45) is 5.92 Å². The van der Waals surface area contributed by atoms with E-state index in [4.69, 9.17) is 21.4 Å². The topological polar surface area (TPSA) is 75.6 Å². The summed E-state index contributed by atoms with van der Waals surface area (Å²) < 4.78 is 5.49. The fourth-order valence-corrected chi connectivity index (χ4v) is 1.96. The van der Waals surface area contributed by atoms with E-state index in [1.807, 2.05) is 6.92 Å². The molecule has 5 nitrogen and oxygen atoms in total. The van der Waals surface area contributed by atoms with Gasteiger partial charge in [-0.2, -0.15) is 0 Å². The summed E-state index contributed by atoms with van der Waals surface area (Å²) in [6.07, 6.45) is 0.0234. The quantitative estimate of drug-likeness (QED) is 0.773. The molecule has 0 spiro atoms. The van der Waals surface area contributed by atoms with Gasteiger partial charge in [0.2, 0.25) is 0 Å². The van der Waals surface area contributed by atoms with Crippen LogP contribution < -0.4 is 10.1 Å². The van der Waals surface area contributed by atoms with E-state index in [0.717, 1.165) is 0 Å². The van der Waals surface area contributed by atoms with E-state index >= 15 is 0 Å². The van der Waals surface area contributed by atoms with E-state index in [-0.39, 0.29) is 18.2 Å². The minimum Gasteiger partial charge on any atom is -0.481 e. The van der Waals surface area contributed by atoms with Crippen molar-refractivity contribution in [3.63, 3.8) is 0 Å². The first-order valence-electron chi connectivity index (χ1n) is 6.84. The van der Waals surface area contributed by atoms with Gasteiger partial charge in [0.15, 0.2) is 6.10 Å². The molecule has 0 saturated carbocycles. The highest BCUT2D eigenvalue weighted by Crippen LogP contribution is 2.24. The van der Waals surface area contributed by atoms with E-state index in [1.165, 1.54) is 0 Å². The number of halogens is 1. The molecule has 0 aliphatic heterocycles. The molecule has 0 radical (unpaired) electrons. The van der Waals surface area contributed by atoms with Gasteiger partial charge in [0.1, 0.15) is 5.75 Å². The van der Waals surface area contributed by atoms with Crippen LogP contribution >= 0.6 is 11.6 Å². The average Bonchev–Trinajstić information content (AvgIpc) is 2.45. The van der Waals surface area contributed by atoms with Gasteiger partial charge in [0, 0.05) is 13.0 Å². The van der Waals surface area contributed by atoms with Crippen molar-refractivity contribution in [3.05, 3.63) is 29.3 Å². The van der Waals surface area contributed by atoms with Crippen molar-refractivity contribution in [1.29, 1.82) is 0 Å². The lowest BCUT2D eigenvalue weighted by molar-refractivity contribution is -0.138. The van der Waals surface area contributed by atoms with Gasteiger partial charge in [-0.3, -0.25) is 9.59 Å². The Balaban J connectivity index is 2.47. The van der Waals surface area contributed by atoms with Gasteiger partial charge in [0.25, 0.3) is 5.91 Å². The van der Waals surface area contributed by atoms with E-state index in [0.29, 0.717) is 23.7 Å². The van der Waals surface area contributed by atoms with Crippen LogP contribution in [-0.2, 0) is 9.59 Å². The number of rotatable bonds is 8. The molecule has 0 heterocycles. The summed E-state index contributed by atoms with van der Waals surface area (Å²) in [7, 11) is 0. The Hall–Kier alpha value is -1.75. The minimum atomic E-state index is -0.864. The maximum atomic E-state index is 11.9. The van der Waals surface area contributed by atoms with Crippen LogP contribution in [0.2, 0.25) is 5.02 Å². The Bertz CT molecular complexity index is 492. The summed E-state index contributed by atoms with van der Waals surface area (Å²) >= 11 is 5.96. The van der Waals surface area contributed by atoms with Crippen molar-refractivity contribution >= 4 is 23.5 Å². The van der Waals surface area contributed by atoms with E-state index in [2.05, 4.69) is 5.32 Å². The molecule has 2 N–H and O–H groups in total. The summed E-state index contributed by atoms with van der Waals surface area (Å²) in [5.74, 6) is -0.798. The average molecular weight is 314 g/mol. The molecule has 116 valence electrons. The molecule has 1 aromatic rings. The molecule has 0 saturated heterocycles. The Morgan fingerprint density at radius 3 is 2.62 bits per heavy atom. The Kier molecular flexibility index (Phi) is 7.02. The summed E-state index contributed by atoms with van der Waals surface area (Å²) in [5, 5.41) is 11.9. The number of amides is 1. The lowest BCUT2D eigenvalue weighted by Crippen LogP contribution is -2.39. The minimum absolute atomic E-state index is 0.0382. The third-order valence-corrected chi connectivity index (χ3v) is 3.43. The van der Waals surface area contributed by atoms with Crippen LogP contribution in [0.15, 0.2) is 24.3 Å². The summed E-state index contributed by atoms with van der Waals surface area (Å²) in [5.41, 5.74) is 0. The molecule has 0 aliphatic rings. The van der Waals surface area contributed by atoms with E-state index < -0.39 is 12.1 Å². The van der Waals surface area contributed by atoms with Crippen LogP contribution in [0.3, 0.4) is 0 Å². The van der Waals surface area contributed by atoms with Crippen molar-refractivity contribution in [2.75, 3.05) is 6.54 Å². The van der Waals surface area contributed by atoms with Crippen molar-refractivity contribution in [2.45, 2.75) is 32.8 Å². The lowest BCUT2D eigenvalue weighted by atomic mass is 10.0. The first-order chi connectivity index (χ1) is 9.93. The second-order valence-corrected chi connectivity index (χ2v) is 5.21. The van der Waals surface area contributed by atoms with Gasteiger partial charge in [-0.1, -0.05) is 37.1 Å². The number of hydrogen-bond acceptors (Lipinski definition) is 3. The Morgan fingerprint density at radius 1 is 1.38 bits per heavy atom. The van der Waals surface area contributed by atoms with Gasteiger partial charge < -0.3 is 15.2 Å². The highest BCUT2D eigenvalue weighted by Gasteiger charge is 2.18. The fraction of sp³-hybridized carbons (Fsp3) is 0.467. The third-order valence-electron chi connectivity index (χ3n) is 3.12. The molecule has 0 fully saturated rings. The molecule has 1 aromatic carbocycles. The SMILES string of the molecule is CCC(CNC(=O)C(C)Oc1ccccc1Cl)CC(=O)O. The van der Waals surface area contributed by atoms with Crippen molar-refractivity contribution in [1.82, 2.24) is 5.32 Å². The fourth-order valence-electron chi connectivity index (χ4n) is 1.78. The first-order valence-corrected chi connectivity index (χ1v) is 7.22. The van der Waals surface area contributed by atoms with Crippen molar-refractivity contribution < 1.29 is 19.4 Å². The molecular formula is C15H20ClNO4. The van der Waals surface area contributed by atoms with Gasteiger partial charge in [-0.25, -0.2) is 0 Å². The number of aliphatic carboxylic acids is 1. The number of carbonyl (C=O) groups is 2. The van der Waals surface area contributed by atoms with Crippen LogP contribution in [0.4, 0.5) is 0 Å². The Morgan fingerprint density at radius 2 is 2.05 bits per heavy atom. The number of hydrogen-bond donors (Lipinski definition) is 2. The number of ether oxygens (including phenoxy) is 1. The van der Waals surface area contributed by atoms with Crippen LogP contribution in [-0.4, -0.2) is 29.6 Å². The summed E-state index contributed by atoms with van der Waals surface area (Å²) in [6.45, 7) is 3.83. The maximum Gasteiger partial charge on any atom is 0.303 e. The molecule has 21 heavy (non-hydrogen) atoms. The molecule has 0 aliphatic carbocycles. The second kappa shape index (κ2) is 8.52. The van der Waals surface area contributed by atoms with Gasteiger partial charge in [0.05, 0.1) is 5.02 Å². The number of benzene rings is 1. The molecule has 2 atom stereocenters. The van der Waals surface area contributed by atoms with Crippen LogP contribution in [0.1, 0.15) is 26.7 Å². The smallest absolute Gasteiger partial charge is 0.303 e.